The molecule has 1 saturated heterocycles. The lowest BCUT2D eigenvalue weighted by Crippen LogP contribution is -2.32. The summed E-state index contributed by atoms with van der Waals surface area (Å²) < 4.78 is 26.8. The Labute approximate surface area is 128 Å². The Hall–Kier alpha value is -0.960. The van der Waals surface area contributed by atoms with Crippen LogP contribution in [0.3, 0.4) is 0 Å². The predicted octanol–water partition coefficient (Wildman–Crippen LogP) is 1.46. The Morgan fingerprint density at radius 2 is 2.14 bits per heavy atom. The lowest BCUT2D eigenvalue weighted by Gasteiger charge is -2.28. The van der Waals surface area contributed by atoms with Gasteiger partial charge in [-0.15, -0.1) is 11.3 Å². The summed E-state index contributed by atoms with van der Waals surface area (Å²) in [5, 5.41) is 10.5. The molecule has 8 heteroatoms. The summed E-state index contributed by atoms with van der Waals surface area (Å²) in [6, 6.07) is 1.34. The number of hydrogen-bond donors (Lipinski definition) is 2. The molecule has 2 N–H and O–H groups in total. The first kappa shape index (κ1) is 16.4. The highest BCUT2D eigenvalue weighted by atomic mass is 32.2. The lowest BCUT2D eigenvalue weighted by molar-refractivity contribution is 0.0698. The van der Waals surface area contributed by atoms with E-state index in [0.717, 1.165) is 43.7 Å². The van der Waals surface area contributed by atoms with Crippen LogP contribution in [0.25, 0.3) is 0 Å². The Bertz CT molecular complexity index is 589. The third-order valence-corrected chi connectivity index (χ3v) is 6.33. The number of carboxylic acids is 1. The molecular weight excluding hydrogens is 312 g/mol. The van der Waals surface area contributed by atoms with Crippen LogP contribution >= 0.6 is 11.3 Å². The lowest BCUT2D eigenvalue weighted by atomic mass is 9.94. The monoisotopic (exact) mass is 332 g/mol. The number of hydrogen-bond acceptors (Lipinski definition) is 5. The third kappa shape index (κ3) is 4.26. The zero-order valence-electron chi connectivity index (χ0n) is 11.9. The van der Waals surface area contributed by atoms with Gasteiger partial charge in [0.1, 0.15) is 9.77 Å². The molecule has 0 aliphatic carbocycles. The van der Waals surface area contributed by atoms with Crippen molar-refractivity contribution in [3.8, 4) is 0 Å². The minimum absolute atomic E-state index is 0.136. The summed E-state index contributed by atoms with van der Waals surface area (Å²) in [5.41, 5.74) is 0. The Morgan fingerprint density at radius 1 is 1.48 bits per heavy atom. The molecule has 0 unspecified atom stereocenters. The van der Waals surface area contributed by atoms with E-state index >= 15 is 0 Å². The van der Waals surface area contributed by atoms with Crippen LogP contribution < -0.4 is 4.72 Å². The van der Waals surface area contributed by atoms with Crippen molar-refractivity contribution in [1.29, 1.82) is 0 Å². The minimum atomic E-state index is -3.74. The van der Waals surface area contributed by atoms with Crippen molar-refractivity contribution < 1.29 is 18.3 Å². The summed E-state index contributed by atoms with van der Waals surface area (Å²) in [4.78, 5) is 13.0. The number of likely N-dealkylation sites (tertiary alicyclic amines) is 1. The fourth-order valence-corrected chi connectivity index (χ4v) is 4.80. The van der Waals surface area contributed by atoms with Crippen molar-refractivity contribution in [2.24, 2.45) is 5.92 Å². The minimum Gasteiger partial charge on any atom is -0.477 e. The van der Waals surface area contributed by atoms with Gasteiger partial charge in [-0.2, -0.15) is 0 Å². The fraction of sp³-hybridized carbons (Fsp3) is 0.615. The number of sulfonamides is 1. The zero-order valence-corrected chi connectivity index (χ0v) is 13.5. The van der Waals surface area contributed by atoms with Crippen molar-refractivity contribution in [3.05, 3.63) is 16.3 Å². The van der Waals surface area contributed by atoms with Gasteiger partial charge in [-0.05, 0) is 56.8 Å². The van der Waals surface area contributed by atoms with Gasteiger partial charge < -0.3 is 10.0 Å². The van der Waals surface area contributed by atoms with E-state index in [2.05, 4.69) is 16.7 Å². The van der Waals surface area contributed by atoms with Crippen LogP contribution in [0.5, 0.6) is 0 Å². The maximum absolute atomic E-state index is 12.1. The molecule has 1 aromatic heterocycles. The van der Waals surface area contributed by atoms with Gasteiger partial charge in [0.15, 0.2) is 0 Å². The molecule has 0 radical (unpaired) electrons. The normalized spacial score (nSPS) is 18.0. The molecule has 21 heavy (non-hydrogen) atoms. The number of piperidine rings is 1. The van der Waals surface area contributed by atoms with Crippen LogP contribution in [0.2, 0.25) is 0 Å². The number of rotatable bonds is 6. The Balaban J connectivity index is 1.90. The highest BCUT2D eigenvalue weighted by molar-refractivity contribution is 7.89. The number of carbonyl (C=O) groups is 1. The molecule has 2 heterocycles. The summed E-state index contributed by atoms with van der Waals surface area (Å²) >= 11 is 0.922. The molecule has 118 valence electrons. The molecule has 0 spiro atoms. The molecule has 1 aliphatic rings. The number of nitrogens with one attached hydrogen (secondary N) is 1. The highest BCUT2D eigenvalue weighted by Gasteiger charge is 2.24. The average molecular weight is 332 g/mol. The Kier molecular flexibility index (Phi) is 5.37. The number of nitrogens with zero attached hydrogens (tertiary/aromatic N) is 1. The van der Waals surface area contributed by atoms with E-state index in [1.54, 1.807) is 0 Å². The smallest absolute Gasteiger partial charge is 0.347 e. The molecule has 0 bridgehead atoms. The Morgan fingerprint density at radius 3 is 2.76 bits per heavy atom. The topological polar surface area (TPSA) is 86.7 Å². The number of aromatic carboxylic acids is 1. The van der Waals surface area contributed by atoms with Crippen molar-refractivity contribution in [2.75, 3.05) is 26.7 Å². The van der Waals surface area contributed by atoms with E-state index in [-0.39, 0.29) is 9.77 Å². The second kappa shape index (κ2) is 6.87. The molecule has 1 aliphatic heterocycles. The summed E-state index contributed by atoms with van der Waals surface area (Å²) in [6.45, 7) is 2.45. The first-order valence-corrected chi connectivity index (χ1v) is 9.25. The van der Waals surface area contributed by atoms with E-state index in [1.165, 1.54) is 11.4 Å². The molecular formula is C13H20N2O4S2. The van der Waals surface area contributed by atoms with Crippen LogP contribution in [0.15, 0.2) is 16.3 Å². The van der Waals surface area contributed by atoms with Crippen LogP contribution in [0.4, 0.5) is 0 Å². The maximum Gasteiger partial charge on any atom is 0.347 e. The van der Waals surface area contributed by atoms with Crippen molar-refractivity contribution in [1.82, 2.24) is 9.62 Å². The summed E-state index contributed by atoms with van der Waals surface area (Å²) in [6.07, 6.45) is 2.95. The molecule has 0 amide bonds. The van der Waals surface area contributed by atoms with Crippen molar-refractivity contribution in [2.45, 2.75) is 24.2 Å². The zero-order chi connectivity index (χ0) is 15.5. The van der Waals surface area contributed by atoms with Gasteiger partial charge in [-0.1, -0.05) is 0 Å². The fourth-order valence-electron chi connectivity index (χ4n) is 2.49. The van der Waals surface area contributed by atoms with Gasteiger partial charge in [0.2, 0.25) is 10.0 Å². The standard InChI is InChI=1S/C13H20N2O4S2/c1-15-7-3-10(4-8-15)2-6-14-21(18,19)11-5-9-20-12(11)13(16)17/h5,9-10,14H,2-4,6-8H2,1H3,(H,16,17). The van der Waals surface area contributed by atoms with Crippen LogP contribution in [-0.2, 0) is 10.0 Å². The quantitative estimate of drug-likeness (QED) is 0.823. The average Bonchev–Trinajstić information content (AvgIpc) is 2.91. The highest BCUT2D eigenvalue weighted by Crippen LogP contribution is 2.22. The van der Waals surface area contributed by atoms with E-state index < -0.39 is 16.0 Å². The van der Waals surface area contributed by atoms with E-state index in [1.807, 2.05) is 0 Å². The second-order valence-electron chi connectivity index (χ2n) is 5.35. The molecule has 1 fully saturated rings. The van der Waals surface area contributed by atoms with E-state index in [4.69, 9.17) is 5.11 Å². The first-order valence-electron chi connectivity index (χ1n) is 6.89. The van der Waals surface area contributed by atoms with Crippen LogP contribution in [0.1, 0.15) is 28.9 Å². The molecule has 2 rings (SSSR count). The maximum atomic E-state index is 12.1. The number of thiophene rings is 1. The predicted molar refractivity (Wildman–Crippen MR) is 81.3 cm³/mol. The van der Waals surface area contributed by atoms with Gasteiger partial charge in [-0.3, -0.25) is 0 Å². The van der Waals surface area contributed by atoms with Crippen molar-refractivity contribution >= 4 is 27.3 Å². The third-order valence-electron chi connectivity index (χ3n) is 3.80. The first-order chi connectivity index (χ1) is 9.90. The molecule has 0 aromatic carbocycles. The van der Waals surface area contributed by atoms with Gasteiger partial charge in [0, 0.05) is 6.54 Å². The van der Waals surface area contributed by atoms with E-state index in [0.29, 0.717) is 12.5 Å². The number of carboxylic acid groups (broad SMARTS) is 1. The van der Waals surface area contributed by atoms with Gasteiger partial charge in [0.05, 0.1) is 0 Å². The van der Waals surface area contributed by atoms with E-state index in [9.17, 15) is 13.2 Å². The van der Waals surface area contributed by atoms with Crippen molar-refractivity contribution in [3.63, 3.8) is 0 Å². The second-order valence-corrected chi connectivity index (χ2v) is 8.00. The van der Waals surface area contributed by atoms with Gasteiger partial charge >= 0.3 is 5.97 Å². The molecule has 6 nitrogen and oxygen atoms in total. The van der Waals surface area contributed by atoms with Crippen LogP contribution in [-0.4, -0.2) is 51.1 Å². The van der Waals surface area contributed by atoms with Gasteiger partial charge in [-0.25, -0.2) is 17.9 Å². The largest absolute Gasteiger partial charge is 0.477 e. The summed E-state index contributed by atoms with van der Waals surface area (Å²) in [7, 11) is -1.65. The molecule has 0 atom stereocenters. The molecule has 1 aromatic rings. The summed E-state index contributed by atoms with van der Waals surface area (Å²) in [5.74, 6) is -0.675. The SMILES string of the molecule is CN1CCC(CCNS(=O)(=O)c2ccsc2C(=O)O)CC1. The molecule has 0 saturated carbocycles. The van der Waals surface area contributed by atoms with Gasteiger partial charge in [0.25, 0.3) is 0 Å². The van der Waals surface area contributed by atoms with Crippen LogP contribution in [0, 0.1) is 5.92 Å².